The monoisotopic (exact) mass is 315 g/mol. The fourth-order valence-electron chi connectivity index (χ4n) is 1.29. The first-order valence-corrected chi connectivity index (χ1v) is 5.99. The summed E-state index contributed by atoms with van der Waals surface area (Å²) in [5.74, 6) is 0.0690. The highest BCUT2D eigenvalue weighted by atomic mass is 79.9. The molecule has 0 atom stereocenters. The van der Waals surface area contributed by atoms with Crippen LogP contribution in [0.1, 0.15) is 5.56 Å². The van der Waals surface area contributed by atoms with Crippen molar-refractivity contribution >= 4 is 27.5 Å². The van der Waals surface area contributed by atoms with Crippen LogP contribution in [0.2, 0.25) is 5.02 Å². The average Bonchev–Trinajstić information content (AvgIpc) is 2.28. The average molecular weight is 317 g/mol. The molecule has 0 N–H and O–H groups in total. The predicted octanol–water partition coefficient (Wildman–Crippen LogP) is 4.22. The molecule has 0 saturated carbocycles. The lowest BCUT2D eigenvalue weighted by atomic mass is 10.3. The van der Waals surface area contributed by atoms with Crippen molar-refractivity contribution in [2.45, 2.75) is 6.61 Å². The summed E-state index contributed by atoms with van der Waals surface area (Å²) in [5.41, 5.74) is 0.903. The number of benzene rings is 1. The highest BCUT2D eigenvalue weighted by Crippen LogP contribution is 2.25. The molecule has 1 heterocycles. The van der Waals surface area contributed by atoms with Gasteiger partial charge in [0.1, 0.15) is 18.2 Å². The molecular weight excluding hydrogens is 308 g/mol. The lowest BCUT2D eigenvalue weighted by Crippen LogP contribution is -1.96. The van der Waals surface area contributed by atoms with Crippen molar-refractivity contribution in [1.82, 2.24) is 4.98 Å². The smallest absolute Gasteiger partial charge is 0.138 e. The second kappa shape index (κ2) is 5.47. The van der Waals surface area contributed by atoms with E-state index < -0.39 is 0 Å². The molecule has 0 saturated heterocycles. The molecule has 0 aliphatic carbocycles. The van der Waals surface area contributed by atoms with E-state index >= 15 is 0 Å². The molecule has 0 radical (unpaired) electrons. The van der Waals surface area contributed by atoms with Gasteiger partial charge in [-0.1, -0.05) is 11.6 Å². The number of pyridine rings is 1. The molecule has 88 valence electrons. The minimum Gasteiger partial charge on any atom is -0.487 e. The van der Waals surface area contributed by atoms with Crippen LogP contribution in [0.4, 0.5) is 4.39 Å². The number of hydrogen-bond donors (Lipinski definition) is 0. The van der Waals surface area contributed by atoms with Crippen molar-refractivity contribution in [2.75, 3.05) is 0 Å². The number of hydrogen-bond acceptors (Lipinski definition) is 2. The van der Waals surface area contributed by atoms with Crippen LogP contribution in [-0.4, -0.2) is 4.98 Å². The molecule has 0 unspecified atom stereocenters. The van der Waals surface area contributed by atoms with E-state index in [4.69, 9.17) is 16.3 Å². The SMILES string of the molecule is Fc1ccc(OCc2cncc(Br)c2)c(Cl)c1. The zero-order chi connectivity index (χ0) is 12.3. The van der Waals surface area contributed by atoms with Gasteiger partial charge in [0.15, 0.2) is 0 Å². The van der Waals surface area contributed by atoms with Gasteiger partial charge in [-0.05, 0) is 40.2 Å². The Morgan fingerprint density at radius 2 is 2.12 bits per heavy atom. The molecule has 1 aromatic carbocycles. The van der Waals surface area contributed by atoms with Crippen molar-refractivity contribution in [2.24, 2.45) is 0 Å². The summed E-state index contributed by atoms with van der Waals surface area (Å²) < 4.78 is 19.2. The molecule has 2 aromatic rings. The van der Waals surface area contributed by atoms with Gasteiger partial charge in [-0.25, -0.2) is 4.39 Å². The van der Waals surface area contributed by atoms with Gasteiger partial charge in [-0.3, -0.25) is 4.98 Å². The molecule has 0 aliphatic rings. The number of halogens is 3. The molecule has 0 aliphatic heterocycles. The Morgan fingerprint density at radius 1 is 1.29 bits per heavy atom. The molecule has 0 amide bonds. The molecule has 2 rings (SSSR count). The van der Waals surface area contributed by atoms with Crippen LogP contribution in [0.25, 0.3) is 0 Å². The normalized spacial score (nSPS) is 10.3. The Morgan fingerprint density at radius 3 is 2.82 bits per heavy atom. The van der Waals surface area contributed by atoms with Gasteiger partial charge in [0.05, 0.1) is 5.02 Å². The van der Waals surface area contributed by atoms with E-state index in [1.165, 1.54) is 18.2 Å². The fraction of sp³-hybridized carbons (Fsp3) is 0.0833. The van der Waals surface area contributed by atoms with E-state index in [1.54, 1.807) is 12.4 Å². The molecular formula is C12H8BrClFNO. The number of rotatable bonds is 3. The summed E-state index contributed by atoms with van der Waals surface area (Å²) in [5, 5.41) is 0.257. The molecule has 17 heavy (non-hydrogen) atoms. The summed E-state index contributed by atoms with van der Waals surface area (Å²) in [6.45, 7) is 0.331. The maximum absolute atomic E-state index is 12.8. The highest BCUT2D eigenvalue weighted by Gasteiger charge is 2.03. The Bertz CT molecular complexity index is 536. The zero-order valence-corrected chi connectivity index (χ0v) is 11.0. The van der Waals surface area contributed by atoms with E-state index in [9.17, 15) is 4.39 Å². The topological polar surface area (TPSA) is 22.1 Å². The maximum atomic E-state index is 12.8. The van der Waals surface area contributed by atoms with Crippen molar-refractivity contribution in [3.8, 4) is 5.75 Å². The van der Waals surface area contributed by atoms with Gasteiger partial charge < -0.3 is 4.74 Å². The Kier molecular flexibility index (Phi) is 3.97. The molecule has 0 spiro atoms. The predicted molar refractivity (Wildman–Crippen MR) is 67.7 cm³/mol. The molecule has 5 heteroatoms. The van der Waals surface area contributed by atoms with Gasteiger partial charge in [0, 0.05) is 22.4 Å². The van der Waals surface area contributed by atoms with Crippen molar-refractivity contribution in [1.29, 1.82) is 0 Å². The largest absolute Gasteiger partial charge is 0.487 e. The Balaban J connectivity index is 2.07. The minimum atomic E-state index is -0.383. The van der Waals surface area contributed by atoms with Gasteiger partial charge >= 0.3 is 0 Å². The lowest BCUT2D eigenvalue weighted by Gasteiger charge is -2.07. The minimum absolute atomic E-state index is 0.257. The van der Waals surface area contributed by atoms with E-state index in [1.807, 2.05) is 6.07 Å². The summed E-state index contributed by atoms with van der Waals surface area (Å²) in [6, 6.07) is 5.92. The van der Waals surface area contributed by atoms with Gasteiger partial charge in [-0.2, -0.15) is 0 Å². The second-order valence-corrected chi connectivity index (χ2v) is 4.70. The third-order valence-electron chi connectivity index (χ3n) is 2.05. The fourth-order valence-corrected chi connectivity index (χ4v) is 1.92. The van der Waals surface area contributed by atoms with E-state index in [0.29, 0.717) is 12.4 Å². The van der Waals surface area contributed by atoms with Crippen LogP contribution < -0.4 is 4.74 Å². The van der Waals surface area contributed by atoms with Crippen molar-refractivity contribution < 1.29 is 9.13 Å². The first kappa shape index (κ1) is 12.3. The van der Waals surface area contributed by atoms with Crippen LogP contribution in [0, 0.1) is 5.82 Å². The molecule has 1 aromatic heterocycles. The van der Waals surface area contributed by atoms with Crippen LogP contribution >= 0.6 is 27.5 Å². The highest BCUT2D eigenvalue weighted by molar-refractivity contribution is 9.10. The molecule has 2 nitrogen and oxygen atoms in total. The lowest BCUT2D eigenvalue weighted by molar-refractivity contribution is 0.305. The Labute approximate surface area is 112 Å². The van der Waals surface area contributed by atoms with E-state index in [0.717, 1.165) is 10.0 Å². The third-order valence-corrected chi connectivity index (χ3v) is 2.78. The third kappa shape index (κ3) is 3.41. The quantitative estimate of drug-likeness (QED) is 0.846. The van der Waals surface area contributed by atoms with Crippen LogP contribution in [0.5, 0.6) is 5.75 Å². The first-order valence-electron chi connectivity index (χ1n) is 4.82. The van der Waals surface area contributed by atoms with Gasteiger partial charge in [0.2, 0.25) is 0 Å². The second-order valence-electron chi connectivity index (χ2n) is 3.37. The van der Waals surface area contributed by atoms with Crippen molar-refractivity contribution in [3.63, 3.8) is 0 Å². The summed E-state index contributed by atoms with van der Waals surface area (Å²) in [7, 11) is 0. The van der Waals surface area contributed by atoms with Crippen molar-refractivity contribution in [3.05, 3.63) is 57.5 Å². The standard InChI is InChI=1S/C12H8BrClFNO/c13-9-3-8(5-16-6-9)7-17-12-2-1-10(15)4-11(12)14/h1-6H,7H2. The zero-order valence-electron chi connectivity index (χ0n) is 8.66. The van der Waals surface area contributed by atoms with E-state index in [2.05, 4.69) is 20.9 Å². The summed E-state index contributed by atoms with van der Waals surface area (Å²) in [4.78, 5) is 4.01. The number of ether oxygens (including phenoxy) is 1. The van der Waals surface area contributed by atoms with Crippen LogP contribution in [0.15, 0.2) is 41.1 Å². The van der Waals surface area contributed by atoms with Crippen LogP contribution in [-0.2, 0) is 6.61 Å². The number of nitrogens with zero attached hydrogens (tertiary/aromatic N) is 1. The molecule has 0 fully saturated rings. The summed E-state index contributed by atoms with van der Waals surface area (Å²) in [6.07, 6.45) is 3.39. The number of aromatic nitrogens is 1. The van der Waals surface area contributed by atoms with E-state index in [-0.39, 0.29) is 10.8 Å². The Hall–Kier alpha value is -1.13. The molecule has 0 bridgehead atoms. The first-order chi connectivity index (χ1) is 8.15. The maximum Gasteiger partial charge on any atom is 0.138 e. The van der Waals surface area contributed by atoms with Crippen LogP contribution in [0.3, 0.4) is 0 Å². The summed E-state index contributed by atoms with van der Waals surface area (Å²) >= 11 is 9.16. The van der Waals surface area contributed by atoms with Gasteiger partial charge in [0.25, 0.3) is 0 Å². The van der Waals surface area contributed by atoms with Gasteiger partial charge in [-0.15, -0.1) is 0 Å².